The fourth-order valence-corrected chi connectivity index (χ4v) is 3.61. The third kappa shape index (κ3) is 7.95. The van der Waals surface area contributed by atoms with E-state index in [-0.39, 0.29) is 30.6 Å². The highest BCUT2D eigenvalue weighted by Gasteiger charge is 2.52. The second kappa shape index (κ2) is 13.7. The predicted octanol–water partition coefficient (Wildman–Crippen LogP) is 3.64. The van der Waals surface area contributed by atoms with Gasteiger partial charge < -0.3 is 28.8 Å². The first-order valence-electron chi connectivity index (χ1n) is 11.9. The van der Waals surface area contributed by atoms with Gasteiger partial charge in [0.05, 0.1) is 6.10 Å². The van der Waals surface area contributed by atoms with Gasteiger partial charge >= 0.3 is 23.9 Å². The van der Waals surface area contributed by atoms with Crippen LogP contribution in [0, 0.1) is 0 Å². The molecule has 0 radical (unpaired) electrons. The number of ether oxygens (including phenoxy) is 5. The molecule has 1 saturated heterocycles. The summed E-state index contributed by atoms with van der Waals surface area (Å²) >= 11 is 0. The maximum atomic E-state index is 12.5. The lowest BCUT2D eigenvalue weighted by atomic mass is 9.98. The average molecular weight is 495 g/mol. The zero-order chi connectivity index (χ0) is 26.0. The van der Waals surface area contributed by atoms with Crippen molar-refractivity contribution in [2.45, 2.75) is 96.9 Å². The van der Waals surface area contributed by atoms with Crippen LogP contribution in [0.3, 0.4) is 0 Å². The maximum absolute atomic E-state index is 12.5. The zero-order valence-electron chi connectivity index (χ0n) is 20.6. The van der Waals surface area contributed by atoms with Gasteiger partial charge in [0, 0.05) is 19.3 Å². The molecule has 1 fully saturated rings. The van der Waals surface area contributed by atoms with Crippen LogP contribution in [0.1, 0.15) is 76.6 Å². The van der Waals surface area contributed by atoms with Gasteiger partial charge in [0.15, 0.2) is 12.2 Å². The summed E-state index contributed by atoms with van der Waals surface area (Å²) in [7, 11) is 0. The van der Waals surface area contributed by atoms with Crippen LogP contribution in [0.4, 0.5) is 0 Å². The smallest absolute Gasteiger partial charge is 0.339 e. The highest BCUT2D eigenvalue weighted by atomic mass is 16.7. The Balaban J connectivity index is 2.46. The lowest BCUT2D eigenvalue weighted by Crippen LogP contribution is -2.62. The summed E-state index contributed by atoms with van der Waals surface area (Å²) in [4.78, 5) is 48.9. The van der Waals surface area contributed by atoms with Gasteiger partial charge in [-0.2, -0.15) is 0 Å². The summed E-state index contributed by atoms with van der Waals surface area (Å²) in [6, 6.07) is 5.92. The van der Waals surface area contributed by atoms with Crippen LogP contribution in [0.15, 0.2) is 24.3 Å². The largest absolute Gasteiger partial charge is 0.478 e. The van der Waals surface area contributed by atoms with Crippen LogP contribution in [0.5, 0.6) is 5.75 Å². The Bertz CT molecular complexity index is 883. The number of esters is 3. The van der Waals surface area contributed by atoms with Gasteiger partial charge in [-0.15, -0.1) is 0 Å². The van der Waals surface area contributed by atoms with Crippen LogP contribution in [-0.2, 0) is 33.3 Å². The van der Waals surface area contributed by atoms with Gasteiger partial charge in [-0.25, -0.2) is 4.79 Å². The minimum absolute atomic E-state index is 0.0196. The number of rotatable bonds is 12. The molecule has 1 aliphatic heterocycles. The van der Waals surface area contributed by atoms with Crippen molar-refractivity contribution in [3.63, 3.8) is 0 Å². The Hall–Kier alpha value is -3.14. The fourth-order valence-electron chi connectivity index (χ4n) is 3.61. The first kappa shape index (κ1) is 28.1. The fraction of sp³-hybridized carbons (Fsp3) is 0.600. The topological polar surface area (TPSA) is 135 Å². The van der Waals surface area contributed by atoms with E-state index in [1.54, 1.807) is 26.8 Å². The molecule has 0 spiro atoms. The molecular weight excluding hydrogens is 460 g/mol. The second-order valence-corrected chi connectivity index (χ2v) is 8.24. The number of hydrogen-bond donors (Lipinski definition) is 1. The Morgan fingerprint density at radius 2 is 1.29 bits per heavy atom. The zero-order valence-corrected chi connectivity index (χ0v) is 20.6. The van der Waals surface area contributed by atoms with E-state index in [1.807, 2.05) is 6.92 Å². The molecule has 10 nitrogen and oxygen atoms in total. The molecule has 35 heavy (non-hydrogen) atoms. The van der Waals surface area contributed by atoms with Crippen LogP contribution in [0.2, 0.25) is 0 Å². The molecule has 2 rings (SSSR count). The van der Waals surface area contributed by atoms with E-state index in [0.717, 1.165) is 0 Å². The van der Waals surface area contributed by atoms with Crippen LogP contribution < -0.4 is 4.74 Å². The molecule has 1 aliphatic rings. The first-order valence-corrected chi connectivity index (χ1v) is 11.9. The van der Waals surface area contributed by atoms with Crippen molar-refractivity contribution in [1.29, 1.82) is 0 Å². The lowest BCUT2D eigenvalue weighted by Gasteiger charge is -2.43. The molecule has 0 bridgehead atoms. The molecular formula is C25H34O10. The minimum atomic E-state index is -1.33. The molecule has 0 unspecified atom stereocenters. The normalized spacial score (nSPS) is 23.7. The Kier molecular flexibility index (Phi) is 11.0. The molecule has 0 amide bonds. The molecule has 1 heterocycles. The van der Waals surface area contributed by atoms with E-state index < -0.39 is 54.6 Å². The molecule has 0 saturated carbocycles. The maximum Gasteiger partial charge on any atom is 0.339 e. The van der Waals surface area contributed by atoms with Crippen molar-refractivity contribution in [2.75, 3.05) is 0 Å². The molecule has 0 aromatic heterocycles. The molecule has 5 atom stereocenters. The number of hydrogen-bond acceptors (Lipinski definition) is 9. The molecule has 1 aromatic carbocycles. The van der Waals surface area contributed by atoms with Crippen LogP contribution in [-0.4, -0.2) is 59.7 Å². The Morgan fingerprint density at radius 1 is 0.800 bits per heavy atom. The van der Waals surface area contributed by atoms with E-state index in [4.69, 9.17) is 23.7 Å². The van der Waals surface area contributed by atoms with Gasteiger partial charge in [-0.05, 0) is 38.3 Å². The van der Waals surface area contributed by atoms with Crippen molar-refractivity contribution in [3.05, 3.63) is 29.8 Å². The Labute approximate surface area is 204 Å². The molecule has 0 aliphatic carbocycles. The van der Waals surface area contributed by atoms with Crippen molar-refractivity contribution in [1.82, 2.24) is 0 Å². The van der Waals surface area contributed by atoms with E-state index in [9.17, 15) is 24.3 Å². The van der Waals surface area contributed by atoms with Gasteiger partial charge in [-0.1, -0.05) is 32.9 Å². The van der Waals surface area contributed by atoms with Crippen molar-refractivity contribution in [2.24, 2.45) is 0 Å². The second-order valence-electron chi connectivity index (χ2n) is 8.24. The summed E-state index contributed by atoms with van der Waals surface area (Å²) in [5.74, 6) is -2.91. The number of carboxylic acid groups (broad SMARTS) is 1. The quantitative estimate of drug-likeness (QED) is 0.339. The monoisotopic (exact) mass is 494 g/mol. The summed E-state index contributed by atoms with van der Waals surface area (Å²) in [6.45, 7) is 7.03. The number of para-hydroxylation sites is 1. The lowest BCUT2D eigenvalue weighted by molar-refractivity contribution is -0.281. The standard InChI is InChI=1S/C25H34O10/c1-5-10-18(26)33-21-15(4)31-25(32-17-14-9-8-13-16(17)24(29)30)23(35-20(28)12-7-3)22(21)34-19(27)11-6-2/h8-9,13-15,21-23,25H,5-7,10-12H2,1-4H3,(H,29,30)/t15-,21-,22+,23+,25+/m0/s1. The summed E-state index contributed by atoms with van der Waals surface area (Å²) in [5, 5.41) is 9.52. The molecule has 1 N–H and O–H groups in total. The van der Waals surface area contributed by atoms with Gasteiger partial charge in [0.25, 0.3) is 0 Å². The van der Waals surface area contributed by atoms with Crippen molar-refractivity contribution in [3.8, 4) is 5.75 Å². The van der Waals surface area contributed by atoms with Gasteiger partial charge in [0.2, 0.25) is 12.4 Å². The van der Waals surface area contributed by atoms with Gasteiger partial charge in [-0.3, -0.25) is 14.4 Å². The summed E-state index contributed by atoms with van der Waals surface area (Å²) in [5.41, 5.74) is -0.126. The number of aromatic carboxylic acids is 1. The van der Waals surface area contributed by atoms with E-state index in [2.05, 4.69) is 0 Å². The average Bonchev–Trinajstić information content (AvgIpc) is 2.79. The molecule has 1 aromatic rings. The molecule has 194 valence electrons. The van der Waals surface area contributed by atoms with Crippen molar-refractivity contribution < 1.29 is 48.0 Å². The third-order valence-electron chi connectivity index (χ3n) is 5.25. The Morgan fingerprint density at radius 3 is 1.80 bits per heavy atom. The molecule has 10 heteroatoms. The SMILES string of the molecule is CCCC(=O)O[C@@H]1[C@@H](OC(=O)CCC)[C@H](C)O[C@H](Oc2ccccc2C(=O)O)[C@@H]1OC(=O)CCC. The first-order chi connectivity index (χ1) is 16.7. The number of benzene rings is 1. The highest BCUT2D eigenvalue weighted by molar-refractivity contribution is 5.90. The van der Waals surface area contributed by atoms with Gasteiger partial charge in [0.1, 0.15) is 11.3 Å². The van der Waals surface area contributed by atoms with Crippen LogP contribution in [0.25, 0.3) is 0 Å². The summed E-state index contributed by atoms with van der Waals surface area (Å²) in [6.07, 6.45) is -3.85. The third-order valence-corrected chi connectivity index (χ3v) is 5.25. The number of carbonyl (C=O) groups is 4. The van der Waals surface area contributed by atoms with E-state index in [1.165, 1.54) is 18.2 Å². The van der Waals surface area contributed by atoms with E-state index in [0.29, 0.717) is 19.3 Å². The number of carbonyl (C=O) groups excluding carboxylic acids is 3. The summed E-state index contributed by atoms with van der Waals surface area (Å²) < 4.78 is 28.7. The predicted molar refractivity (Wildman–Crippen MR) is 123 cm³/mol. The minimum Gasteiger partial charge on any atom is -0.478 e. The van der Waals surface area contributed by atoms with E-state index >= 15 is 0 Å². The van der Waals surface area contributed by atoms with Crippen molar-refractivity contribution >= 4 is 23.9 Å². The van der Waals surface area contributed by atoms with Crippen LogP contribution >= 0.6 is 0 Å². The highest BCUT2D eigenvalue weighted by Crippen LogP contribution is 2.32. The number of carboxylic acids is 1.